The van der Waals surface area contributed by atoms with E-state index in [4.69, 9.17) is 0 Å². The lowest BCUT2D eigenvalue weighted by atomic mass is 10.1. The number of aliphatic imine (C=N–C) groups is 1. The Labute approximate surface area is 201 Å². The molecule has 0 saturated carbocycles. The van der Waals surface area contributed by atoms with Crippen molar-refractivity contribution in [3.05, 3.63) is 77.7 Å². The summed E-state index contributed by atoms with van der Waals surface area (Å²) >= 11 is 0. The van der Waals surface area contributed by atoms with Crippen molar-refractivity contribution >= 4 is 35.8 Å². The van der Waals surface area contributed by atoms with Crippen molar-refractivity contribution in [2.45, 2.75) is 32.5 Å². The summed E-state index contributed by atoms with van der Waals surface area (Å²) < 4.78 is 1.94. The molecule has 8 heteroatoms. The van der Waals surface area contributed by atoms with E-state index in [0.29, 0.717) is 13.1 Å². The number of nitrogens with one attached hydrogen (secondary N) is 2. The highest BCUT2D eigenvalue weighted by Crippen LogP contribution is 2.18. The first kappa shape index (κ1) is 23.1. The van der Waals surface area contributed by atoms with E-state index < -0.39 is 0 Å². The summed E-state index contributed by atoms with van der Waals surface area (Å²) in [6.07, 6.45) is 8.19. The monoisotopic (exact) mass is 531 g/mol. The van der Waals surface area contributed by atoms with Crippen LogP contribution in [-0.2, 0) is 19.6 Å². The fourth-order valence-corrected chi connectivity index (χ4v) is 3.73. The quantitative estimate of drug-likeness (QED) is 0.278. The Morgan fingerprint density at radius 2 is 1.77 bits per heavy atom. The second-order valence-corrected chi connectivity index (χ2v) is 7.47. The van der Waals surface area contributed by atoms with E-state index in [9.17, 15) is 0 Å². The average molecular weight is 531 g/mol. The van der Waals surface area contributed by atoms with Crippen LogP contribution in [0.25, 0.3) is 0 Å². The predicted molar refractivity (Wildman–Crippen MR) is 136 cm³/mol. The molecule has 1 aliphatic heterocycles. The third-order valence-electron chi connectivity index (χ3n) is 5.38. The largest absolute Gasteiger partial charge is 0.357 e. The van der Waals surface area contributed by atoms with Gasteiger partial charge in [0.1, 0.15) is 5.82 Å². The molecule has 1 aliphatic rings. The van der Waals surface area contributed by atoms with Gasteiger partial charge in [-0.15, -0.1) is 24.0 Å². The van der Waals surface area contributed by atoms with Gasteiger partial charge in [-0.05, 0) is 47.7 Å². The van der Waals surface area contributed by atoms with Crippen LogP contribution in [0.5, 0.6) is 0 Å². The van der Waals surface area contributed by atoms with Gasteiger partial charge < -0.3 is 15.5 Å². The van der Waals surface area contributed by atoms with E-state index in [0.717, 1.165) is 31.4 Å². The highest BCUT2D eigenvalue weighted by Gasteiger charge is 2.13. The summed E-state index contributed by atoms with van der Waals surface area (Å²) in [5.74, 6) is 1.85. The Morgan fingerprint density at radius 1 is 1.00 bits per heavy atom. The summed E-state index contributed by atoms with van der Waals surface area (Å²) in [5, 5.41) is 11.2. The molecule has 31 heavy (non-hydrogen) atoms. The molecule has 4 rings (SSSR count). The summed E-state index contributed by atoms with van der Waals surface area (Å²) in [4.78, 5) is 11.3. The zero-order valence-corrected chi connectivity index (χ0v) is 20.2. The Balaban J connectivity index is 0.00000272. The van der Waals surface area contributed by atoms with Crippen LogP contribution < -0.4 is 15.5 Å². The number of halogens is 1. The fourth-order valence-electron chi connectivity index (χ4n) is 3.73. The van der Waals surface area contributed by atoms with Crippen LogP contribution in [0.3, 0.4) is 0 Å². The number of hydrogen-bond acceptors (Lipinski definition) is 4. The number of nitrogens with zero attached hydrogens (tertiary/aromatic N) is 5. The maximum Gasteiger partial charge on any atom is 0.191 e. The van der Waals surface area contributed by atoms with E-state index in [2.05, 4.69) is 67.0 Å². The molecular weight excluding hydrogens is 501 g/mol. The molecular formula is C23H30IN7. The minimum Gasteiger partial charge on any atom is -0.357 e. The summed E-state index contributed by atoms with van der Waals surface area (Å²) in [6, 6.07) is 14.6. The van der Waals surface area contributed by atoms with Crippen molar-refractivity contribution in [1.82, 2.24) is 25.4 Å². The lowest BCUT2D eigenvalue weighted by Gasteiger charge is -2.18. The molecule has 0 unspecified atom stereocenters. The van der Waals surface area contributed by atoms with Crippen molar-refractivity contribution in [2.75, 3.05) is 25.0 Å². The Hall–Kier alpha value is -2.62. The Kier molecular flexibility index (Phi) is 8.69. The molecule has 1 saturated heterocycles. The van der Waals surface area contributed by atoms with Crippen LogP contribution in [-0.4, -0.2) is 40.9 Å². The van der Waals surface area contributed by atoms with E-state index >= 15 is 0 Å². The molecule has 2 aromatic heterocycles. The molecule has 0 aliphatic carbocycles. The SMILES string of the molecule is CN=C(NCc1ccnc(N2CCCC2)c1)NCc1ccccc1Cn1cccn1.I. The molecule has 0 amide bonds. The Morgan fingerprint density at radius 3 is 2.52 bits per heavy atom. The highest BCUT2D eigenvalue weighted by molar-refractivity contribution is 14.0. The third-order valence-corrected chi connectivity index (χ3v) is 5.38. The van der Waals surface area contributed by atoms with Crippen molar-refractivity contribution in [3.63, 3.8) is 0 Å². The van der Waals surface area contributed by atoms with Crippen molar-refractivity contribution in [1.29, 1.82) is 0 Å². The van der Waals surface area contributed by atoms with Crippen LogP contribution in [0.4, 0.5) is 5.82 Å². The molecule has 0 spiro atoms. The molecule has 3 heterocycles. The maximum absolute atomic E-state index is 4.53. The molecule has 0 bridgehead atoms. The first-order valence-electron chi connectivity index (χ1n) is 10.5. The molecule has 1 aromatic carbocycles. The van der Waals surface area contributed by atoms with Gasteiger partial charge in [0.25, 0.3) is 0 Å². The number of rotatable bonds is 7. The lowest BCUT2D eigenvalue weighted by Crippen LogP contribution is -2.36. The van der Waals surface area contributed by atoms with Gasteiger partial charge in [0.2, 0.25) is 0 Å². The normalized spacial score (nSPS) is 13.7. The number of benzene rings is 1. The van der Waals surface area contributed by atoms with E-state index in [1.54, 1.807) is 13.2 Å². The molecule has 164 valence electrons. The number of anilines is 1. The smallest absolute Gasteiger partial charge is 0.191 e. The van der Waals surface area contributed by atoms with Gasteiger partial charge in [-0.2, -0.15) is 5.10 Å². The minimum atomic E-state index is 0. The molecule has 0 radical (unpaired) electrons. The topological polar surface area (TPSA) is 70.4 Å². The van der Waals surface area contributed by atoms with Crippen molar-refractivity contribution in [3.8, 4) is 0 Å². The fraction of sp³-hybridized carbons (Fsp3) is 0.348. The minimum absolute atomic E-state index is 0. The van der Waals surface area contributed by atoms with Gasteiger partial charge in [0, 0.05) is 51.8 Å². The molecule has 2 N–H and O–H groups in total. The first-order valence-corrected chi connectivity index (χ1v) is 10.5. The molecule has 0 atom stereocenters. The molecule has 7 nitrogen and oxygen atoms in total. The van der Waals surface area contributed by atoms with Crippen LogP contribution >= 0.6 is 24.0 Å². The summed E-state index contributed by atoms with van der Waals surface area (Å²) in [6.45, 7) is 4.37. The van der Waals surface area contributed by atoms with Crippen LogP contribution in [0, 0.1) is 0 Å². The molecule has 1 fully saturated rings. The van der Waals surface area contributed by atoms with Crippen molar-refractivity contribution < 1.29 is 0 Å². The first-order chi connectivity index (χ1) is 14.8. The van der Waals surface area contributed by atoms with Gasteiger partial charge >= 0.3 is 0 Å². The van der Waals surface area contributed by atoms with E-state index in [-0.39, 0.29) is 24.0 Å². The highest BCUT2D eigenvalue weighted by atomic mass is 127. The maximum atomic E-state index is 4.53. The number of hydrogen-bond donors (Lipinski definition) is 2. The summed E-state index contributed by atoms with van der Waals surface area (Å²) in [5.41, 5.74) is 3.68. The Bertz CT molecular complexity index is 966. The van der Waals surface area contributed by atoms with Crippen LogP contribution in [0.15, 0.2) is 66.0 Å². The standard InChI is InChI=1S/C23H29N7.HI/c1-24-23(26-16-19-9-11-25-22(15-19)29-12-4-5-13-29)27-17-20-7-2-3-8-21(20)18-30-14-6-10-28-30;/h2-3,6-11,14-15H,4-5,12-13,16-18H2,1H3,(H2,24,26,27);1H. The van der Waals surface area contributed by atoms with Gasteiger partial charge in [0.15, 0.2) is 5.96 Å². The number of guanidine groups is 1. The van der Waals surface area contributed by atoms with E-state index in [1.807, 2.05) is 23.1 Å². The second-order valence-electron chi connectivity index (χ2n) is 7.47. The van der Waals surface area contributed by atoms with Crippen LogP contribution in [0.2, 0.25) is 0 Å². The van der Waals surface area contributed by atoms with Gasteiger partial charge in [-0.1, -0.05) is 24.3 Å². The van der Waals surface area contributed by atoms with Gasteiger partial charge in [-0.3, -0.25) is 9.67 Å². The average Bonchev–Trinajstić information content (AvgIpc) is 3.50. The lowest BCUT2D eigenvalue weighted by molar-refractivity contribution is 0.677. The predicted octanol–water partition coefficient (Wildman–Crippen LogP) is 3.41. The van der Waals surface area contributed by atoms with Crippen molar-refractivity contribution in [2.24, 2.45) is 4.99 Å². The van der Waals surface area contributed by atoms with E-state index in [1.165, 1.54) is 29.5 Å². The van der Waals surface area contributed by atoms with Gasteiger partial charge in [0.05, 0.1) is 6.54 Å². The number of pyridine rings is 1. The second kappa shape index (κ2) is 11.7. The zero-order valence-electron chi connectivity index (χ0n) is 17.9. The summed E-state index contributed by atoms with van der Waals surface area (Å²) in [7, 11) is 1.80. The third kappa shape index (κ3) is 6.43. The van der Waals surface area contributed by atoms with Crippen LogP contribution in [0.1, 0.15) is 29.5 Å². The zero-order chi connectivity index (χ0) is 20.6. The number of aromatic nitrogens is 3. The molecule has 3 aromatic rings. The van der Waals surface area contributed by atoms with Gasteiger partial charge in [-0.25, -0.2) is 4.98 Å².